The maximum absolute atomic E-state index is 10.9. The molecule has 6 heteroatoms. The summed E-state index contributed by atoms with van der Waals surface area (Å²) in [6, 6.07) is 0. The van der Waals surface area contributed by atoms with Crippen molar-refractivity contribution in [2.24, 2.45) is 5.73 Å². The second-order valence-electron chi connectivity index (χ2n) is 2.06. The molecule has 0 aliphatic carbocycles. The SMILES string of the molecule is NCCP(=O)(O)OCCCO. The minimum atomic E-state index is -3.46. The predicted octanol–water partition coefficient (Wildman–Crippen LogP) is -0.470. The van der Waals surface area contributed by atoms with E-state index in [0.29, 0.717) is 6.42 Å². The predicted molar refractivity (Wildman–Crippen MR) is 41.4 cm³/mol. The highest BCUT2D eigenvalue weighted by Gasteiger charge is 2.16. The lowest BCUT2D eigenvalue weighted by molar-refractivity contribution is 0.214. The highest BCUT2D eigenvalue weighted by atomic mass is 31.2. The molecule has 0 saturated carbocycles. The minimum Gasteiger partial charge on any atom is -0.396 e. The van der Waals surface area contributed by atoms with Gasteiger partial charge in [0, 0.05) is 13.2 Å². The van der Waals surface area contributed by atoms with E-state index in [4.69, 9.17) is 15.7 Å². The molecule has 0 spiro atoms. The van der Waals surface area contributed by atoms with Crippen molar-refractivity contribution in [2.45, 2.75) is 6.42 Å². The Labute approximate surface area is 65.7 Å². The Bertz CT molecular complexity index is 140. The van der Waals surface area contributed by atoms with E-state index in [-0.39, 0.29) is 25.9 Å². The first-order valence-electron chi connectivity index (χ1n) is 3.39. The molecule has 0 rings (SSSR count). The summed E-state index contributed by atoms with van der Waals surface area (Å²) in [4.78, 5) is 8.91. The number of rotatable bonds is 6. The molecule has 1 unspecified atom stereocenters. The number of aliphatic hydroxyl groups excluding tert-OH is 1. The van der Waals surface area contributed by atoms with Crippen LogP contribution in [0.15, 0.2) is 0 Å². The Morgan fingerprint density at radius 1 is 1.55 bits per heavy atom. The van der Waals surface area contributed by atoms with Crippen LogP contribution < -0.4 is 5.73 Å². The number of hydrogen-bond acceptors (Lipinski definition) is 4. The zero-order valence-corrected chi connectivity index (χ0v) is 7.17. The van der Waals surface area contributed by atoms with Crippen molar-refractivity contribution in [1.82, 2.24) is 0 Å². The van der Waals surface area contributed by atoms with Crippen LogP contribution >= 0.6 is 7.60 Å². The number of aliphatic hydroxyl groups is 1. The van der Waals surface area contributed by atoms with Crippen LogP contribution in [0, 0.1) is 0 Å². The molecule has 0 aromatic heterocycles. The van der Waals surface area contributed by atoms with Gasteiger partial charge in [-0.25, -0.2) is 0 Å². The van der Waals surface area contributed by atoms with Gasteiger partial charge >= 0.3 is 7.60 Å². The third kappa shape index (κ3) is 6.47. The average Bonchev–Trinajstić information content (AvgIpc) is 1.87. The van der Waals surface area contributed by atoms with Gasteiger partial charge in [0.1, 0.15) is 0 Å². The third-order valence-electron chi connectivity index (χ3n) is 1.01. The first-order chi connectivity index (χ1) is 5.12. The van der Waals surface area contributed by atoms with E-state index >= 15 is 0 Å². The molecule has 0 aromatic carbocycles. The van der Waals surface area contributed by atoms with Crippen LogP contribution in [0.2, 0.25) is 0 Å². The van der Waals surface area contributed by atoms with Crippen LogP contribution in [0.5, 0.6) is 0 Å². The molecule has 0 fully saturated rings. The Morgan fingerprint density at radius 2 is 2.18 bits per heavy atom. The fourth-order valence-corrected chi connectivity index (χ4v) is 1.37. The van der Waals surface area contributed by atoms with E-state index in [1.807, 2.05) is 0 Å². The van der Waals surface area contributed by atoms with Gasteiger partial charge in [-0.2, -0.15) is 0 Å². The van der Waals surface area contributed by atoms with Gasteiger partial charge in [0.15, 0.2) is 0 Å². The quantitative estimate of drug-likeness (QED) is 0.382. The third-order valence-corrected chi connectivity index (χ3v) is 2.42. The monoisotopic (exact) mass is 183 g/mol. The van der Waals surface area contributed by atoms with Gasteiger partial charge in [-0.05, 0) is 6.42 Å². The van der Waals surface area contributed by atoms with Crippen molar-refractivity contribution in [3.8, 4) is 0 Å². The topological polar surface area (TPSA) is 92.8 Å². The fourth-order valence-electron chi connectivity index (χ4n) is 0.499. The Morgan fingerprint density at radius 3 is 2.64 bits per heavy atom. The summed E-state index contributed by atoms with van der Waals surface area (Å²) in [5.41, 5.74) is 5.06. The lowest BCUT2D eigenvalue weighted by Crippen LogP contribution is -2.07. The van der Waals surface area contributed by atoms with Gasteiger partial charge in [-0.15, -0.1) is 0 Å². The van der Waals surface area contributed by atoms with E-state index in [2.05, 4.69) is 4.52 Å². The highest BCUT2D eigenvalue weighted by Crippen LogP contribution is 2.40. The summed E-state index contributed by atoms with van der Waals surface area (Å²) in [7, 11) is -3.46. The van der Waals surface area contributed by atoms with Gasteiger partial charge in [0.05, 0.1) is 12.8 Å². The van der Waals surface area contributed by atoms with Crippen molar-refractivity contribution in [3.05, 3.63) is 0 Å². The molecule has 1 atom stereocenters. The van der Waals surface area contributed by atoms with E-state index < -0.39 is 7.60 Å². The van der Waals surface area contributed by atoms with Crippen LogP contribution in [0.3, 0.4) is 0 Å². The molecule has 0 aliphatic rings. The minimum absolute atomic E-state index is 0.0293. The summed E-state index contributed by atoms with van der Waals surface area (Å²) in [6.45, 7) is 0.194. The molecular formula is C5H14NO4P. The second-order valence-corrected chi connectivity index (χ2v) is 4.04. The summed E-state index contributed by atoms with van der Waals surface area (Å²) in [6.07, 6.45) is 0.341. The van der Waals surface area contributed by atoms with Gasteiger partial charge in [0.25, 0.3) is 0 Å². The van der Waals surface area contributed by atoms with E-state index in [9.17, 15) is 4.57 Å². The molecule has 0 saturated heterocycles. The van der Waals surface area contributed by atoms with Gasteiger partial charge in [-0.1, -0.05) is 0 Å². The summed E-state index contributed by atoms with van der Waals surface area (Å²) >= 11 is 0. The summed E-state index contributed by atoms with van der Waals surface area (Å²) in [5.74, 6) is 0. The molecule has 0 aromatic rings. The zero-order valence-electron chi connectivity index (χ0n) is 6.27. The molecule has 0 aliphatic heterocycles. The van der Waals surface area contributed by atoms with Crippen molar-refractivity contribution in [3.63, 3.8) is 0 Å². The van der Waals surface area contributed by atoms with Crippen molar-refractivity contribution >= 4 is 7.60 Å². The highest BCUT2D eigenvalue weighted by molar-refractivity contribution is 7.52. The first kappa shape index (κ1) is 11.1. The fraction of sp³-hybridized carbons (Fsp3) is 1.00. The van der Waals surface area contributed by atoms with Crippen LogP contribution in [0.1, 0.15) is 6.42 Å². The lowest BCUT2D eigenvalue weighted by atomic mass is 10.5. The Kier molecular flexibility index (Phi) is 5.72. The zero-order chi connectivity index (χ0) is 8.74. The average molecular weight is 183 g/mol. The largest absolute Gasteiger partial charge is 0.396 e. The first-order valence-corrected chi connectivity index (χ1v) is 5.16. The molecular weight excluding hydrogens is 169 g/mol. The molecule has 4 N–H and O–H groups in total. The molecule has 0 heterocycles. The smallest absolute Gasteiger partial charge is 0.329 e. The van der Waals surface area contributed by atoms with Crippen molar-refractivity contribution in [2.75, 3.05) is 25.9 Å². The Hall–Kier alpha value is 0.0700. The molecule has 68 valence electrons. The van der Waals surface area contributed by atoms with Crippen LogP contribution in [-0.4, -0.2) is 35.9 Å². The van der Waals surface area contributed by atoms with E-state index in [1.165, 1.54) is 0 Å². The lowest BCUT2D eigenvalue weighted by Gasteiger charge is -2.09. The van der Waals surface area contributed by atoms with Crippen LogP contribution in [0.25, 0.3) is 0 Å². The molecule has 0 radical (unpaired) electrons. The van der Waals surface area contributed by atoms with Gasteiger partial charge in [0.2, 0.25) is 0 Å². The maximum Gasteiger partial charge on any atom is 0.329 e. The summed E-state index contributed by atoms with van der Waals surface area (Å²) in [5, 5.41) is 8.32. The number of hydrogen-bond donors (Lipinski definition) is 3. The van der Waals surface area contributed by atoms with Crippen molar-refractivity contribution < 1.29 is 19.1 Å². The van der Waals surface area contributed by atoms with E-state index in [0.717, 1.165) is 0 Å². The van der Waals surface area contributed by atoms with Crippen LogP contribution in [0.4, 0.5) is 0 Å². The van der Waals surface area contributed by atoms with Crippen LogP contribution in [-0.2, 0) is 9.09 Å². The molecule has 0 amide bonds. The second kappa shape index (κ2) is 5.69. The van der Waals surface area contributed by atoms with E-state index in [1.54, 1.807) is 0 Å². The maximum atomic E-state index is 10.9. The molecule has 5 nitrogen and oxygen atoms in total. The summed E-state index contributed by atoms with van der Waals surface area (Å²) < 4.78 is 15.4. The molecule has 11 heavy (non-hydrogen) atoms. The Balaban J connectivity index is 3.47. The molecule has 0 bridgehead atoms. The standard InChI is InChI=1S/C5H14NO4P/c6-2-5-11(8,9)10-4-1-3-7/h7H,1-6H2,(H,8,9). The van der Waals surface area contributed by atoms with Gasteiger partial charge in [-0.3, -0.25) is 4.57 Å². The normalized spacial score (nSPS) is 16.3. The number of nitrogens with two attached hydrogens (primary N) is 1. The van der Waals surface area contributed by atoms with Gasteiger partial charge < -0.3 is 20.3 Å². The van der Waals surface area contributed by atoms with Crippen molar-refractivity contribution in [1.29, 1.82) is 0 Å².